The summed E-state index contributed by atoms with van der Waals surface area (Å²) in [4.78, 5) is 27.9. The van der Waals surface area contributed by atoms with Crippen molar-refractivity contribution in [2.24, 2.45) is 0 Å². The predicted molar refractivity (Wildman–Crippen MR) is 137 cm³/mol. The fraction of sp³-hybridized carbons (Fsp3) is 0.259. The van der Waals surface area contributed by atoms with E-state index in [0.717, 1.165) is 15.4 Å². The minimum absolute atomic E-state index is 0.0846. The second-order valence-electron chi connectivity index (χ2n) is 8.21. The van der Waals surface area contributed by atoms with Crippen LogP contribution in [0.4, 0.5) is 5.69 Å². The van der Waals surface area contributed by atoms with E-state index in [2.05, 4.69) is 5.32 Å². The van der Waals surface area contributed by atoms with E-state index in [1.807, 2.05) is 44.2 Å². The van der Waals surface area contributed by atoms with E-state index < -0.39 is 28.5 Å². The van der Waals surface area contributed by atoms with E-state index in [-0.39, 0.29) is 17.3 Å². The summed E-state index contributed by atoms with van der Waals surface area (Å²) in [6.07, 6.45) is 0.383. The van der Waals surface area contributed by atoms with Crippen LogP contribution < -0.4 is 9.62 Å². The number of anilines is 1. The van der Waals surface area contributed by atoms with Gasteiger partial charge in [0.05, 0.1) is 10.6 Å². The van der Waals surface area contributed by atoms with E-state index in [1.165, 1.54) is 24.1 Å². The Bertz CT molecular complexity index is 1230. The van der Waals surface area contributed by atoms with E-state index in [9.17, 15) is 18.0 Å². The zero-order valence-electron chi connectivity index (χ0n) is 20.2. The SMILES string of the molecule is CCC(C(=O)NC)N(Cc1ccccc1)C(=O)CN(c1ccc(C)cc1)S(=O)(=O)c1ccccc1. The second kappa shape index (κ2) is 11.7. The fourth-order valence-electron chi connectivity index (χ4n) is 3.83. The number of benzene rings is 3. The molecule has 0 saturated heterocycles. The van der Waals surface area contributed by atoms with Gasteiger partial charge in [0, 0.05) is 13.6 Å². The lowest BCUT2D eigenvalue weighted by Gasteiger charge is -2.33. The first-order chi connectivity index (χ1) is 16.8. The van der Waals surface area contributed by atoms with Crippen molar-refractivity contribution in [1.82, 2.24) is 10.2 Å². The average Bonchev–Trinajstić information content (AvgIpc) is 2.88. The summed E-state index contributed by atoms with van der Waals surface area (Å²) in [5.41, 5.74) is 2.19. The molecular weight excluding hydrogens is 462 g/mol. The van der Waals surface area contributed by atoms with Crippen LogP contribution in [0.3, 0.4) is 0 Å². The molecule has 0 spiro atoms. The second-order valence-corrected chi connectivity index (χ2v) is 10.1. The fourth-order valence-corrected chi connectivity index (χ4v) is 5.26. The number of nitrogens with one attached hydrogen (secondary N) is 1. The minimum Gasteiger partial charge on any atom is -0.357 e. The van der Waals surface area contributed by atoms with Gasteiger partial charge in [-0.3, -0.25) is 13.9 Å². The monoisotopic (exact) mass is 493 g/mol. The highest BCUT2D eigenvalue weighted by molar-refractivity contribution is 7.92. The number of sulfonamides is 1. The first-order valence-corrected chi connectivity index (χ1v) is 12.9. The number of likely N-dealkylation sites (N-methyl/N-ethyl adjacent to an activating group) is 1. The summed E-state index contributed by atoms with van der Waals surface area (Å²) in [5.74, 6) is -0.769. The summed E-state index contributed by atoms with van der Waals surface area (Å²) in [7, 11) is -2.52. The van der Waals surface area contributed by atoms with Gasteiger partial charge in [-0.1, -0.05) is 73.2 Å². The topological polar surface area (TPSA) is 86.8 Å². The number of aryl methyl sites for hydroxylation is 1. The van der Waals surface area contributed by atoms with Gasteiger partial charge in [0.1, 0.15) is 12.6 Å². The third-order valence-electron chi connectivity index (χ3n) is 5.76. The maximum absolute atomic E-state index is 13.7. The van der Waals surface area contributed by atoms with Crippen molar-refractivity contribution in [3.8, 4) is 0 Å². The zero-order chi connectivity index (χ0) is 25.4. The minimum atomic E-state index is -4.04. The van der Waals surface area contributed by atoms with Crippen molar-refractivity contribution in [2.45, 2.75) is 37.8 Å². The number of amides is 2. The van der Waals surface area contributed by atoms with Crippen LogP contribution in [0, 0.1) is 6.92 Å². The Kier molecular flexibility index (Phi) is 8.65. The summed E-state index contributed by atoms with van der Waals surface area (Å²) in [6.45, 7) is 3.46. The lowest BCUT2D eigenvalue weighted by molar-refractivity contribution is -0.140. The van der Waals surface area contributed by atoms with Crippen LogP contribution in [0.1, 0.15) is 24.5 Å². The summed E-state index contributed by atoms with van der Waals surface area (Å²) >= 11 is 0. The number of hydrogen-bond acceptors (Lipinski definition) is 4. The Hall–Kier alpha value is -3.65. The van der Waals surface area contributed by atoms with Crippen molar-refractivity contribution in [3.63, 3.8) is 0 Å². The van der Waals surface area contributed by atoms with Crippen LogP contribution in [0.5, 0.6) is 0 Å². The van der Waals surface area contributed by atoms with Crippen molar-refractivity contribution in [3.05, 3.63) is 96.1 Å². The molecule has 2 amide bonds. The molecule has 0 aromatic heterocycles. The molecule has 0 radical (unpaired) electrons. The molecule has 0 bridgehead atoms. The molecule has 8 heteroatoms. The average molecular weight is 494 g/mol. The molecule has 1 atom stereocenters. The quantitative estimate of drug-likeness (QED) is 0.466. The molecule has 184 valence electrons. The van der Waals surface area contributed by atoms with Crippen LogP contribution in [0.25, 0.3) is 0 Å². The largest absolute Gasteiger partial charge is 0.357 e. The molecule has 1 N–H and O–H groups in total. The molecule has 3 aromatic rings. The highest BCUT2D eigenvalue weighted by Crippen LogP contribution is 2.25. The Labute approximate surface area is 207 Å². The third kappa shape index (κ3) is 6.27. The molecule has 0 heterocycles. The Balaban J connectivity index is 2.03. The highest BCUT2D eigenvalue weighted by Gasteiger charge is 2.33. The molecular formula is C27H31N3O4S. The van der Waals surface area contributed by atoms with E-state index in [1.54, 1.807) is 42.5 Å². The molecule has 0 aliphatic rings. The number of carbonyl (C=O) groups excluding carboxylic acids is 2. The third-order valence-corrected chi connectivity index (χ3v) is 7.55. The van der Waals surface area contributed by atoms with Crippen molar-refractivity contribution >= 4 is 27.5 Å². The van der Waals surface area contributed by atoms with Gasteiger partial charge in [0.25, 0.3) is 10.0 Å². The van der Waals surface area contributed by atoms with Gasteiger partial charge in [0.2, 0.25) is 11.8 Å². The van der Waals surface area contributed by atoms with Gasteiger partial charge < -0.3 is 10.2 Å². The van der Waals surface area contributed by atoms with Crippen LogP contribution in [0.2, 0.25) is 0 Å². The first-order valence-electron chi connectivity index (χ1n) is 11.5. The van der Waals surface area contributed by atoms with Crippen LogP contribution >= 0.6 is 0 Å². The first kappa shape index (κ1) is 26.0. The smallest absolute Gasteiger partial charge is 0.264 e. The number of carbonyl (C=O) groups is 2. The standard InChI is InChI=1S/C27H31N3O4S/c1-4-25(27(32)28-3)29(19-22-11-7-5-8-12-22)26(31)20-30(23-17-15-21(2)16-18-23)35(33,34)24-13-9-6-10-14-24/h5-18,25H,4,19-20H2,1-3H3,(H,28,32). The van der Waals surface area contributed by atoms with Gasteiger partial charge in [0.15, 0.2) is 0 Å². The van der Waals surface area contributed by atoms with Crippen molar-refractivity contribution in [2.75, 3.05) is 17.9 Å². The maximum atomic E-state index is 13.7. The van der Waals surface area contributed by atoms with Crippen LogP contribution in [0.15, 0.2) is 89.8 Å². The predicted octanol–water partition coefficient (Wildman–Crippen LogP) is 3.74. The van der Waals surface area contributed by atoms with E-state index >= 15 is 0 Å². The number of rotatable bonds is 10. The van der Waals surface area contributed by atoms with Gasteiger partial charge in [-0.25, -0.2) is 8.42 Å². The van der Waals surface area contributed by atoms with Gasteiger partial charge >= 0.3 is 0 Å². The lowest BCUT2D eigenvalue weighted by Crippen LogP contribution is -2.51. The number of nitrogens with zero attached hydrogens (tertiary/aromatic N) is 2. The van der Waals surface area contributed by atoms with Crippen molar-refractivity contribution < 1.29 is 18.0 Å². The van der Waals surface area contributed by atoms with Gasteiger partial charge in [-0.05, 0) is 43.2 Å². The Morgan fingerprint density at radius 2 is 1.46 bits per heavy atom. The van der Waals surface area contributed by atoms with Gasteiger partial charge in [-0.15, -0.1) is 0 Å². The molecule has 3 rings (SSSR count). The lowest BCUT2D eigenvalue weighted by atomic mass is 10.1. The Morgan fingerprint density at radius 1 is 0.886 bits per heavy atom. The molecule has 0 fully saturated rings. The molecule has 1 unspecified atom stereocenters. The van der Waals surface area contributed by atoms with E-state index in [4.69, 9.17) is 0 Å². The maximum Gasteiger partial charge on any atom is 0.264 e. The number of hydrogen-bond donors (Lipinski definition) is 1. The summed E-state index contributed by atoms with van der Waals surface area (Å²) in [6, 6.07) is 23.6. The van der Waals surface area contributed by atoms with Gasteiger partial charge in [-0.2, -0.15) is 0 Å². The van der Waals surface area contributed by atoms with E-state index in [0.29, 0.717) is 12.1 Å². The Morgan fingerprint density at radius 3 is 2.00 bits per heavy atom. The molecule has 0 saturated carbocycles. The molecule has 3 aromatic carbocycles. The summed E-state index contributed by atoms with van der Waals surface area (Å²) < 4.78 is 28.4. The zero-order valence-corrected chi connectivity index (χ0v) is 21.0. The van der Waals surface area contributed by atoms with Crippen LogP contribution in [-0.2, 0) is 26.2 Å². The normalized spacial score (nSPS) is 12.0. The van der Waals surface area contributed by atoms with Crippen molar-refractivity contribution in [1.29, 1.82) is 0 Å². The molecule has 0 aliphatic carbocycles. The highest BCUT2D eigenvalue weighted by atomic mass is 32.2. The van der Waals surface area contributed by atoms with Crippen LogP contribution in [-0.4, -0.2) is 44.8 Å². The summed E-state index contributed by atoms with van der Waals surface area (Å²) in [5, 5.41) is 2.62. The molecule has 0 aliphatic heterocycles. The molecule has 7 nitrogen and oxygen atoms in total. The molecule has 35 heavy (non-hydrogen) atoms.